The van der Waals surface area contributed by atoms with Crippen LogP contribution in [0, 0.1) is 5.92 Å². The SMILES string of the molecule is COc1ccc(-c2ncc(CNCC(C)C)cn2)nn1. The van der Waals surface area contributed by atoms with Crippen LogP contribution in [0.4, 0.5) is 0 Å². The summed E-state index contributed by atoms with van der Waals surface area (Å²) in [5, 5.41) is 11.3. The fraction of sp³-hybridized carbons (Fsp3) is 0.429. The zero-order chi connectivity index (χ0) is 14.4. The van der Waals surface area contributed by atoms with Gasteiger partial charge in [0.2, 0.25) is 5.88 Å². The van der Waals surface area contributed by atoms with Crippen molar-refractivity contribution in [3.63, 3.8) is 0 Å². The smallest absolute Gasteiger partial charge is 0.233 e. The Kier molecular flexibility index (Phi) is 4.95. The van der Waals surface area contributed by atoms with Crippen molar-refractivity contribution in [2.45, 2.75) is 20.4 Å². The molecule has 2 heterocycles. The third-order valence-corrected chi connectivity index (χ3v) is 2.67. The minimum atomic E-state index is 0.475. The van der Waals surface area contributed by atoms with Crippen molar-refractivity contribution in [1.82, 2.24) is 25.5 Å². The molecule has 0 unspecified atom stereocenters. The van der Waals surface area contributed by atoms with Gasteiger partial charge in [-0.05, 0) is 18.5 Å². The minimum absolute atomic E-state index is 0.475. The highest BCUT2D eigenvalue weighted by Crippen LogP contribution is 2.12. The van der Waals surface area contributed by atoms with E-state index in [1.54, 1.807) is 19.2 Å². The Morgan fingerprint density at radius 3 is 2.45 bits per heavy atom. The van der Waals surface area contributed by atoms with Crippen molar-refractivity contribution in [3.8, 4) is 17.4 Å². The molecule has 0 aromatic carbocycles. The number of methoxy groups -OCH3 is 1. The van der Waals surface area contributed by atoms with Gasteiger partial charge in [0, 0.05) is 30.6 Å². The van der Waals surface area contributed by atoms with E-state index >= 15 is 0 Å². The maximum atomic E-state index is 4.97. The maximum absolute atomic E-state index is 4.97. The number of hydrogen-bond acceptors (Lipinski definition) is 6. The lowest BCUT2D eigenvalue weighted by molar-refractivity contribution is 0.392. The molecule has 0 saturated carbocycles. The van der Waals surface area contributed by atoms with E-state index in [-0.39, 0.29) is 0 Å². The molecular weight excluding hydrogens is 254 g/mol. The van der Waals surface area contributed by atoms with Gasteiger partial charge in [-0.2, -0.15) is 0 Å². The molecule has 0 bridgehead atoms. The molecule has 0 aliphatic heterocycles. The highest BCUT2D eigenvalue weighted by atomic mass is 16.5. The first-order chi connectivity index (χ1) is 9.69. The predicted octanol–water partition coefficient (Wildman–Crippen LogP) is 1.69. The van der Waals surface area contributed by atoms with E-state index in [2.05, 4.69) is 39.3 Å². The fourth-order valence-electron chi connectivity index (χ4n) is 1.63. The van der Waals surface area contributed by atoms with Crippen molar-refractivity contribution in [3.05, 3.63) is 30.1 Å². The van der Waals surface area contributed by atoms with Gasteiger partial charge < -0.3 is 10.1 Å². The molecule has 0 radical (unpaired) electrons. The number of rotatable bonds is 6. The number of nitrogens with one attached hydrogen (secondary N) is 1. The lowest BCUT2D eigenvalue weighted by Crippen LogP contribution is -2.19. The van der Waals surface area contributed by atoms with E-state index in [9.17, 15) is 0 Å². The van der Waals surface area contributed by atoms with E-state index in [0.29, 0.717) is 23.3 Å². The molecule has 1 N–H and O–H groups in total. The van der Waals surface area contributed by atoms with Crippen LogP contribution in [-0.2, 0) is 6.54 Å². The number of aromatic nitrogens is 4. The number of ether oxygens (including phenoxy) is 1. The fourth-order valence-corrected chi connectivity index (χ4v) is 1.63. The van der Waals surface area contributed by atoms with Gasteiger partial charge in [-0.25, -0.2) is 9.97 Å². The average molecular weight is 273 g/mol. The summed E-state index contributed by atoms with van der Waals surface area (Å²) in [5.41, 5.74) is 1.68. The van der Waals surface area contributed by atoms with Crippen LogP contribution in [0.3, 0.4) is 0 Å². The van der Waals surface area contributed by atoms with Crippen molar-refractivity contribution in [2.24, 2.45) is 5.92 Å². The average Bonchev–Trinajstić information content (AvgIpc) is 2.48. The van der Waals surface area contributed by atoms with E-state index in [4.69, 9.17) is 4.74 Å². The molecule has 0 spiro atoms. The highest BCUT2D eigenvalue weighted by molar-refractivity contribution is 5.47. The molecule has 0 atom stereocenters. The van der Waals surface area contributed by atoms with Gasteiger partial charge in [-0.15, -0.1) is 10.2 Å². The standard InChI is InChI=1S/C14H19N5O/c1-10(2)6-15-7-11-8-16-14(17-9-11)12-4-5-13(20-3)19-18-12/h4-5,8-10,15H,6-7H2,1-3H3. The summed E-state index contributed by atoms with van der Waals surface area (Å²) in [7, 11) is 1.55. The predicted molar refractivity (Wildman–Crippen MR) is 76.2 cm³/mol. The second kappa shape index (κ2) is 6.91. The summed E-state index contributed by atoms with van der Waals surface area (Å²) < 4.78 is 4.97. The van der Waals surface area contributed by atoms with Gasteiger partial charge in [-0.1, -0.05) is 13.8 Å². The zero-order valence-corrected chi connectivity index (χ0v) is 12.0. The van der Waals surface area contributed by atoms with Crippen LogP contribution in [0.1, 0.15) is 19.4 Å². The second-order valence-electron chi connectivity index (χ2n) is 4.90. The Morgan fingerprint density at radius 2 is 1.90 bits per heavy atom. The lowest BCUT2D eigenvalue weighted by atomic mass is 10.2. The van der Waals surface area contributed by atoms with Crippen molar-refractivity contribution in [2.75, 3.05) is 13.7 Å². The Balaban J connectivity index is 1.99. The van der Waals surface area contributed by atoms with Crippen LogP contribution < -0.4 is 10.1 Å². The van der Waals surface area contributed by atoms with Gasteiger partial charge in [0.25, 0.3) is 0 Å². The molecule has 6 heteroatoms. The molecule has 2 rings (SSSR count). The van der Waals surface area contributed by atoms with E-state index in [0.717, 1.165) is 18.7 Å². The third-order valence-electron chi connectivity index (χ3n) is 2.67. The molecule has 0 aliphatic rings. The molecule has 106 valence electrons. The monoisotopic (exact) mass is 273 g/mol. The normalized spacial score (nSPS) is 10.8. The Morgan fingerprint density at radius 1 is 1.15 bits per heavy atom. The zero-order valence-electron chi connectivity index (χ0n) is 12.0. The van der Waals surface area contributed by atoms with Crippen molar-refractivity contribution >= 4 is 0 Å². The summed E-state index contributed by atoms with van der Waals surface area (Å²) in [4.78, 5) is 8.62. The molecule has 2 aromatic heterocycles. The molecule has 20 heavy (non-hydrogen) atoms. The lowest BCUT2D eigenvalue weighted by Gasteiger charge is -2.07. The Hall–Kier alpha value is -2.08. The molecule has 0 saturated heterocycles. The van der Waals surface area contributed by atoms with Gasteiger partial charge >= 0.3 is 0 Å². The number of nitrogens with zero attached hydrogens (tertiary/aromatic N) is 4. The highest BCUT2D eigenvalue weighted by Gasteiger charge is 2.04. The van der Waals surface area contributed by atoms with Crippen LogP contribution in [0.5, 0.6) is 5.88 Å². The Labute approximate surface area is 118 Å². The maximum Gasteiger partial charge on any atom is 0.233 e. The summed E-state index contributed by atoms with van der Waals surface area (Å²) >= 11 is 0. The minimum Gasteiger partial charge on any atom is -0.480 e. The molecule has 0 amide bonds. The first kappa shape index (κ1) is 14.3. The summed E-state index contributed by atoms with van der Waals surface area (Å²) in [6.45, 7) is 6.10. The second-order valence-corrected chi connectivity index (χ2v) is 4.90. The van der Waals surface area contributed by atoms with E-state index in [1.807, 2.05) is 12.4 Å². The van der Waals surface area contributed by atoms with Crippen LogP contribution in [0.2, 0.25) is 0 Å². The molecule has 2 aromatic rings. The van der Waals surface area contributed by atoms with Crippen LogP contribution in [-0.4, -0.2) is 33.8 Å². The summed E-state index contributed by atoms with van der Waals surface area (Å²) in [6, 6.07) is 3.53. The van der Waals surface area contributed by atoms with Gasteiger partial charge in [0.05, 0.1) is 7.11 Å². The van der Waals surface area contributed by atoms with Crippen molar-refractivity contribution < 1.29 is 4.74 Å². The summed E-state index contributed by atoms with van der Waals surface area (Å²) in [5.74, 6) is 1.67. The van der Waals surface area contributed by atoms with Gasteiger partial charge in [0.15, 0.2) is 5.82 Å². The third kappa shape index (κ3) is 3.96. The Bertz CT molecular complexity index is 524. The van der Waals surface area contributed by atoms with E-state index < -0.39 is 0 Å². The van der Waals surface area contributed by atoms with E-state index in [1.165, 1.54) is 0 Å². The quantitative estimate of drug-likeness (QED) is 0.863. The topological polar surface area (TPSA) is 72.8 Å². The van der Waals surface area contributed by atoms with Crippen LogP contribution in [0.25, 0.3) is 11.5 Å². The van der Waals surface area contributed by atoms with Gasteiger partial charge in [-0.3, -0.25) is 0 Å². The van der Waals surface area contributed by atoms with Crippen molar-refractivity contribution in [1.29, 1.82) is 0 Å². The van der Waals surface area contributed by atoms with Crippen LogP contribution >= 0.6 is 0 Å². The molecule has 0 fully saturated rings. The molecule has 0 aliphatic carbocycles. The summed E-state index contributed by atoms with van der Waals surface area (Å²) in [6.07, 6.45) is 3.61. The first-order valence-electron chi connectivity index (χ1n) is 6.58. The van der Waals surface area contributed by atoms with Crippen LogP contribution in [0.15, 0.2) is 24.5 Å². The first-order valence-corrected chi connectivity index (χ1v) is 6.58. The largest absolute Gasteiger partial charge is 0.480 e. The number of hydrogen-bond donors (Lipinski definition) is 1. The van der Waals surface area contributed by atoms with Gasteiger partial charge in [0.1, 0.15) is 5.69 Å². The molecule has 6 nitrogen and oxygen atoms in total. The molecular formula is C14H19N5O.